The van der Waals surface area contributed by atoms with Gasteiger partial charge in [0.15, 0.2) is 0 Å². The van der Waals surface area contributed by atoms with Gasteiger partial charge in [0.05, 0.1) is 23.3 Å². The van der Waals surface area contributed by atoms with Gasteiger partial charge in [-0.05, 0) is 43.4 Å². The Kier molecular flexibility index (Phi) is 6.00. The zero-order valence-electron chi connectivity index (χ0n) is 19.1. The Morgan fingerprint density at radius 2 is 1.94 bits per heavy atom. The number of benzene rings is 1. The number of anilines is 1. The molecule has 2 aliphatic rings. The molecule has 1 saturated heterocycles. The van der Waals surface area contributed by atoms with Crippen LogP contribution >= 0.6 is 0 Å². The molecule has 0 atom stereocenters. The lowest BCUT2D eigenvalue weighted by atomic mass is 9.86. The molecule has 32 heavy (non-hydrogen) atoms. The van der Waals surface area contributed by atoms with E-state index in [1.165, 1.54) is 11.4 Å². The van der Waals surface area contributed by atoms with Gasteiger partial charge in [0.25, 0.3) is 0 Å². The number of alkyl halides is 2. The molecule has 2 heterocycles. The van der Waals surface area contributed by atoms with Crippen molar-refractivity contribution >= 4 is 26.9 Å². The molecule has 4 rings (SSSR count). The van der Waals surface area contributed by atoms with Gasteiger partial charge in [0, 0.05) is 38.4 Å². The average Bonchev–Trinajstić information content (AvgIpc) is 3.37. The van der Waals surface area contributed by atoms with Crippen molar-refractivity contribution in [2.24, 2.45) is 5.92 Å². The Labute approximate surface area is 188 Å². The lowest BCUT2D eigenvalue weighted by molar-refractivity contribution is -0.0473. The summed E-state index contributed by atoms with van der Waals surface area (Å²) in [5.74, 6) is -1.51. The topological polar surface area (TPSA) is 67.7 Å². The molecule has 2 aromatic rings. The van der Waals surface area contributed by atoms with Crippen LogP contribution in [0.5, 0.6) is 0 Å². The number of hydrogen-bond donors (Lipinski definition) is 0. The van der Waals surface area contributed by atoms with Crippen LogP contribution in [0.25, 0.3) is 11.0 Å². The molecule has 178 valence electrons. The third kappa shape index (κ3) is 4.49. The van der Waals surface area contributed by atoms with E-state index in [4.69, 9.17) is 9.82 Å². The minimum absolute atomic E-state index is 0.0689. The van der Waals surface area contributed by atoms with E-state index >= 15 is 0 Å². The summed E-state index contributed by atoms with van der Waals surface area (Å²) < 4.78 is 57.3. The van der Waals surface area contributed by atoms with Crippen LogP contribution in [0.3, 0.4) is 0 Å². The maximum absolute atomic E-state index is 13.6. The maximum atomic E-state index is 13.6. The molecule has 0 spiro atoms. The summed E-state index contributed by atoms with van der Waals surface area (Å²) in [4.78, 5) is 10.1. The molecule has 0 amide bonds. The van der Waals surface area contributed by atoms with E-state index in [-0.39, 0.29) is 24.2 Å². The molecule has 1 aliphatic carbocycles. The fraction of sp³-hybridized carbons (Fsp3) is 0.682. The quantitative estimate of drug-likeness (QED) is 0.646. The molecular formula is C22H32F2N4O3S. The lowest BCUT2D eigenvalue weighted by Crippen LogP contribution is -2.39. The van der Waals surface area contributed by atoms with Crippen molar-refractivity contribution in [3.63, 3.8) is 0 Å². The number of hydrogen-bond acceptors (Lipinski definition) is 4. The molecule has 1 aromatic carbocycles. The summed E-state index contributed by atoms with van der Waals surface area (Å²) in [7, 11) is -2.29. The van der Waals surface area contributed by atoms with Crippen molar-refractivity contribution in [3.05, 3.63) is 24.0 Å². The van der Waals surface area contributed by atoms with Crippen molar-refractivity contribution < 1.29 is 22.0 Å². The van der Waals surface area contributed by atoms with E-state index in [0.717, 1.165) is 15.8 Å². The summed E-state index contributed by atoms with van der Waals surface area (Å²) in [6, 6.07) is 5.40. The second kappa shape index (κ2) is 8.22. The molecule has 1 aromatic heterocycles. The largest absolute Gasteiger partial charge is 0.327 e. The summed E-state index contributed by atoms with van der Waals surface area (Å²) >= 11 is 0. The lowest BCUT2D eigenvalue weighted by Gasteiger charge is -2.30. The predicted octanol–water partition coefficient (Wildman–Crippen LogP) is 4.48. The van der Waals surface area contributed by atoms with Gasteiger partial charge in [-0.3, -0.25) is 9.14 Å². The van der Waals surface area contributed by atoms with Crippen LogP contribution in [0.4, 0.5) is 14.5 Å². The molecule has 0 radical (unpaired) electrons. The molecule has 2 fully saturated rings. The van der Waals surface area contributed by atoms with Gasteiger partial charge in [0.1, 0.15) is 5.82 Å². The number of aromatic nitrogens is 2. The molecule has 10 heteroatoms. The van der Waals surface area contributed by atoms with E-state index in [0.29, 0.717) is 50.2 Å². The molecule has 7 nitrogen and oxygen atoms in total. The standard InChI is InChI=1S/C22H32F2N4O3S/c1-21(2,3)20-25-18-14-17(26(4)32(29,30)28-12-5-13-31-28)6-7-19(18)27(20)15-16-8-10-22(23,24)11-9-16/h6-7,14,16H,5,8-13,15H2,1-4H3. The first-order valence-electron chi connectivity index (χ1n) is 11.2. The van der Waals surface area contributed by atoms with Crippen LogP contribution in [-0.2, 0) is 27.0 Å². The number of halogens is 2. The highest BCUT2D eigenvalue weighted by atomic mass is 32.2. The highest BCUT2D eigenvalue weighted by molar-refractivity contribution is 7.90. The first-order valence-corrected chi connectivity index (χ1v) is 12.6. The van der Waals surface area contributed by atoms with Crippen LogP contribution in [-0.4, -0.2) is 48.6 Å². The Balaban J connectivity index is 1.67. The van der Waals surface area contributed by atoms with Crippen LogP contribution in [0.2, 0.25) is 0 Å². The Hall–Kier alpha value is -1.78. The average molecular weight is 471 g/mol. The summed E-state index contributed by atoms with van der Waals surface area (Å²) in [6.07, 6.45) is 1.51. The third-order valence-electron chi connectivity index (χ3n) is 6.37. The monoisotopic (exact) mass is 470 g/mol. The van der Waals surface area contributed by atoms with E-state index in [1.54, 1.807) is 12.1 Å². The summed E-state index contributed by atoms with van der Waals surface area (Å²) in [6.45, 7) is 7.57. The predicted molar refractivity (Wildman–Crippen MR) is 120 cm³/mol. The zero-order valence-corrected chi connectivity index (χ0v) is 20.0. The number of fused-ring (bicyclic) bond motifs is 1. The third-order valence-corrected chi connectivity index (χ3v) is 8.07. The highest BCUT2D eigenvalue weighted by Gasteiger charge is 2.36. The van der Waals surface area contributed by atoms with Crippen molar-refractivity contribution in [2.75, 3.05) is 24.5 Å². The molecule has 0 unspecified atom stereocenters. The van der Waals surface area contributed by atoms with Crippen LogP contribution in [0.1, 0.15) is 58.7 Å². The van der Waals surface area contributed by atoms with Gasteiger partial charge >= 0.3 is 10.2 Å². The Morgan fingerprint density at radius 1 is 1.25 bits per heavy atom. The Morgan fingerprint density at radius 3 is 2.53 bits per heavy atom. The number of rotatable bonds is 5. The van der Waals surface area contributed by atoms with Gasteiger partial charge in [0.2, 0.25) is 5.92 Å². The summed E-state index contributed by atoms with van der Waals surface area (Å²) in [5, 5.41) is 0. The van der Waals surface area contributed by atoms with Gasteiger partial charge in [-0.25, -0.2) is 13.8 Å². The van der Waals surface area contributed by atoms with Crippen molar-refractivity contribution in [1.29, 1.82) is 0 Å². The van der Waals surface area contributed by atoms with Crippen molar-refractivity contribution in [2.45, 2.75) is 70.8 Å². The number of nitrogens with zero attached hydrogens (tertiary/aromatic N) is 4. The minimum atomic E-state index is -3.79. The summed E-state index contributed by atoms with van der Waals surface area (Å²) in [5.41, 5.74) is 1.83. The normalized spacial score (nSPS) is 20.8. The van der Waals surface area contributed by atoms with E-state index < -0.39 is 16.1 Å². The van der Waals surface area contributed by atoms with E-state index in [9.17, 15) is 17.2 Å². The number of imidazole rings is 1. The second-order valence-corrected chi connectivity index (χ2v) is 11.8. The fourth-order valence-electron chi connectivity index (χ4n) is 4.49. The molecule has 0 bridgehead atoms. The first kappa shape index (κ1) is 23.4. The van der Waals surface area contributed by atoms with Gasteiger partial charge in [-0.2, -0.15) is 8.42 Å². The first-order chi connectivity index (χ1) is 14.9. The highest BCUT2D eigenvalue weighted by Crippen LogP contribution is 2.38. The zero-order chi connectivity index (χ0) is 23.3. The van der Waals surface area contributed by atoms with Gasteiger partial charge in [-0.15, -0.1) is 0 Å². The van der Waals surface area contributed by atoms with E-state index in [1.807, 2.05) is 6.07 Å². The second-order valence-electron chi connectivity index (χ2n) is 9.96. The van der Waals surface area contributed by atoms with Gasteiger partial charge in [-0.1, -0.05) is 25.2 Å². The minimum Gasteiger partial charge on any atom is -0.327 e. The molecule has 0 N–H and O–H groups in total. The number of hydroxylamine groups is 1. The fourth-order valence-corrected chi connectivity index (χ4v) is 5.71. The van der Waals surface area contributed by atoms with Crippen LogP contribution in [0.15, 0.2) is 18.2 Å². The molecule has 1 aliphatic heterocycles. The molecular weight excluding hydrogens is 438 g/mol. The van der Waals surface area contributed by atoms with Crippen LogP contribution < -0.4 is 4.31 Å². The van der Waals surface area contributed by atoms with Gasteiger partial charge < -0.3 is 4.57 Å². The van der Waals surface area contributed by atoms with E-state index in [2.05, 4.69) is 25.3 Å². The van der Waals surface area contributed by atoms with Crippen molar-refractivity contribution in [3.8, 4) is 0 Å². The van der Waals surface area contributed by atoms with Crippen LogP contribution in [0, 0.1) is 5.92 Å². The van der Waals surface area contributed by atoms with Crippen molar-refractivity contribution in [1.82, 2.24) is 14.0 Å². The smallest absolute Gasteiger partial charge is 0.326 e. The maximum Gasteiger partial charge on any atom is 0.326 e. The SMILES string of the molecule is CN(c1ccc2c(c1)nc(C(C)(C)C)n2CC1CCC(F)(F)CC1)S(=O)(=O)N1CCCO1. The Bertz CT molecular complexity index is 1080. The molecule has 1 saturated carbocycles.